The van der Waals surface area contributed by atoms with Gasteiger partial charge in [0.05, 0.1) is 5.75 Å². The number of anilines is 1. The van der Waals surface area contributed by atoms with Gasteiger partial charge < -0.3 is 5.32 Å². The Labute approximate surface area is 160 Å². The summed E-state index contributed by atoms with van der Waals surface area (Å²) in [6.45, 7) is 7.86. The van der Waals surface area contributed by atoms with Crippen LogP contribution in [0.15, 0.2) is 22.5 Å². The van der Waals surface area contributed by atoms with Crippen molar-refractivity contribution in [3.05, 3.63) is 34.3 Å². The van der Waals surface area contributed by atoms with E-state index in [9.17, 15) is 9.59 Å². The Balaban J connectivity index is 1.89. The van der Waals surface area contributed by atoms with Gasteiger partial charge >= 0.3 is 0 Å². The standard InChI is InChI=1S/C17H20ClN3O2S2/c1-10-7-11(5-6-12(10)18)13(22)9-24-16-21-20-15(25-16)19-14(23)8-17(2,3)4/h5-7H,8-9H2,1-4H3,(H,19,20,23). The van der Waals surface area contributed by atoms with Gasteiger partial charge in [0.25, 0.3) is 0 Å². The van der Waals surface area contributed by atoms with Crippen LogP contribution in [0.4, 0.5) is 5.13 Å². The average molecular weight is 398 g/mol. The van der Waals surface area contributed by atoms with Gasteiger partial charge in [-0.3, -0.25) is 9.59 Å². The number of nitrogens with one attached hydrogen (secondary N) is 1. The first-order valence-corrected chi connectivity index (χ1v) is 9.87. The van der Waals surface area contributed by atoms with Crippen LogP contribution in [0.25, 0.3) is 0 Å². The van der Waals surface area contributed by atoms with Crippen LogP contribution in [-0.2, 0) is 4.79 Å². The third kappa shape index (κ3) is 6.41. The molecule has 0 radical (unpaired) electrons. The summed E-state index contributed by atoms with van der Waals surface area (Å²) in [5.41, 5.74) is 1.41. The molecule has 1 aromatic heterocycles. The largest absolute Gasteiger partial charge is 0.300 e. The molecule has 1 heterocycles. The van der Waals surface area contributed by atoms with Crippen LogP contribution in [0.2, 0.25) is 5.02 Å². The lowest BCUT2D eigenvalue weighted by atomic mass is 9.92. The van der Waals surface area contributed by atoms with Gasteiger partial charge in [0, 0.05) is 17.0 Å². The van der Waals surface area contributed by atoms with Crippen molar-refractivity contribution in [2.24, 2.45) is 5.41 Å². The van der Waals surface area contributed by atoms with Gasteiger partial charge in [0.2, 0.25) is 11.0 Å². The first-order valence-electron chi connectivity index (χ1n) is 7.69. The van der Waals surface area contributed by atoms with Crippen LogP contribution >= 0.6 is 34.7 Å². The van der Waals surface area contributed by atoms with Gasteiger partial charge in [-0.15, -0.1) is 10.2 Å². The van der Waals surface area contributed by atoms with E-state index in [-0.39, 0.29) is 22.9 Å². The zero-order valence-corrected chi connectivity index (χ0v) is 16.9. The zero-order valence-electron chi connectivity index (χ0n) is 14.6. The molecular weight excluding hydrogens is 378 g/mol. The maximum absolute atomic E-state index is 12.2. The van der Waals surface area contributed by atoms with Crippen molar-refractivity contribution in [2.75, 3.05) is 11.1 Å². The van der Waals surface area contributed by atoms with Gasteiger partial charge in [-0.05, 0) is 36.1 Å². The lowest BCUT2D eigenvalue weighted by Gasteiger charge is -2.16. The third-order valence-corrected chi connectivity index (χ3v) is 5.55. The number of carbonyl (C=O) groups excluding carboxylic acids is 2. The highest BCUT2D eigenvalue weighted by molar-refractivity contribution is 8.01. The maximum Gasteiger partial charge on any atom is 0.226 e. The van der Waals surface area contributed by atoms with Crippen LogP contribution in [-0.4, -0.2) is 27.6 Å². The Morgan fingerprint density at radius 1 is 1.28 bits per heavy atom. The number of hydrogen-bond donors (Lipinski definition) is 1. The van der Waals surface area contributed by atoms with E-state index in [1.807, 2.05) is 27.7 Å². The Hall–Kier alpha value is -1.44. The monoisotopic (exact) mass is 397 g/mol. The molecular formula is C17H20ClN3O2S2. The summed E-state index contributed by atoms with van der Waals surface area (Å²) in [6, 6.07) is 5.22. The highest BCUT2D eigenvalue weighted by Gasteiger charge is 2.17. The molecule has 1 amide bonds. The lowest BCUT2D eigenvalue weighted by molar-refractivity contribution is -0.117. The fraction of sp³-hybridized carbons (Fsp3) is 0.412. The van der Waals surface area contributed by atoms with Crippen molar-refractivity contribution in [1.82, 2.24) is 10.2 Å². The van der Waals surface area contributed by atoms with Crippen LogP contribution < -0.4 is 5.32 Å². The summed E-state index contributed by atoms with van der Waals surface area (Å²) in [5, 5.41) is 11.8. The SMILES string of the molecule is Cc1cc(C(=O)CSc2nnc(NC(=O)CC(C)(C)C)s2)ccc1Cl. The smallest absolute Gasteiger partial charge is 0.226 e. The van der Waals surface area contributed by atoms with E-state index in [0.717, 1.165) is 5.56 Å². The van der Waals surface area contributed by atoms with Crippen LogP contribution in [0.3, 0.4) is 0 Å². The number of halogens is 1. The molecule has 2 aromatic rings. The minimum Gasteiger partial charge on any atom is -0.300 e. The van der Waals surface area contributed by atoms with Crippen LogP contribution in [0.5, 0.6) is 0 Å². The molecule has 1 aromatic carbocycles. The molecule has 0 atom stereocenters. The number of Topliss-reactive ketones (excluding diaryl/α,β-unsaturated/α-hetero) is 1. The van der Waals surface area contributed by atoms with E-state index in [1.54, 1.807) is 18.2 Å². The van der Waals surface area contributed by atoms with E-state index in [0.29, 0.717) is 26.5 Å². The van der Waals surface area contributed by atoms with Gasteiger partial charge in [0.15, 0.2) is 10.1 Å². The highest BCUT2D eigenvalue weighted by atomic mass is 35.5. The number of aromatic nitrogens is 2. The van der Waals surface area contributed by atoms with E-state index in [4.69, 9.17) is 11.6 Å². The number of amides is 1. The molecule has 0 unspecified atom stereocenters. The van der Waals surface area contributed by atoms with Crippen LogP contribution in [0.1, 0.15) is 43.1 Å². The van der Waals surface area contributed by atoms with E-state index in [1.165, 1.54) is 23.1 Å². The Kier molecular flexibility index (Phi) is 6.59. The molecule has 0 spiro atoms. The van der Waals surface area contributed by atoms with Crippen molar-refractivity contribution in [3.8, 4) is 0 Å². The number of aryl methyl sites for hydroxylation is 1. The Bertz CT molecular complexity index is 784. The summed E-state index contributed by atoms with van der Waals surface area (Å²) in [7, 11) is 0. The molecule has 134 valence electrons. The lowest BCUT2D eigenvalue weighted by Crippen LogP contribution is -2.19. The number of hydrogen-bond acceptors (Lipinski definition) is 6. The highest BCUT2D eigenvalue weighted by Crippen LogP contribution is 2.27. The van der Waals surface area contributed by atoms with Gasteiger partial charge in [0.1, 0.15) is 0 Å². The average Bonchev–Trinajstić information content (AvgIpc) is 2.93. The second-order valence-electron chi connectivity index (χ2n) is 6.83. The predicted molar refractivity (Wildman–Crippen MR) is 104 cm³/mol. The number of carbonyl (C=O) groups is 2. The molecule has 0 bridgehead atoms. The molecule has 5 nitrogen and oxygen atoms in total. The summed E-state index contributed by atoms with van der Waals surface area (Å²) in [6.07, 6.45) is 0.406. The van der Waals surface area contributed by atoms with Gasteiger partial charge in [-0.1, -0.05) is 55.5 Å². The van der Waals surface area contributed by atoms with Crippen molar-refractivity contribution >= 4 is 51.5 Å². The number of nitrogens with zero attached hydrogens (tertiary/aromatic N) is 2. The molecule has 1 N–H and O–H groups in total. The fourth-order valence-electron chi connectivity index (χ4n) is 1.99. The van der Waals surface area contributed by atoms with Gasteiger partial charge in [-0.2, -0.15) is 0 Å². The molecule has 2 rings (SSSR count). The van der Waals surface area contributed by atoms with Crippen molar-refractivity contribution in [3.63, 3.8) is 0 Å². The van der Waals surface area contributed by atoms with Crippen molar-refractivity contribution < 1.29 is 9.59 Å². The number of benzene rings is 1. The number of thioether (sulfide) groups is 1. The minimum atomic E-state index is -0.0899. The first-order chi connectivity index (χ1) is 11.6. The normalized spacial score (nSPS) is 11.4. The molecule has 0 aliphatic carbocycles. The second-order valence-corrected chi connectivity index (χ2v) is 9.44. The van der Waals surface area contributed by atoms with Gasteiger partial charge in [-0.25, -0.2) is 0 Å². The molecule has 8 heteroatoms. The maximum atomic E-state index is 12.2. The molecule has 0 aliphatic heterocycles. The third-order valence-electron chi connectivity index (χ3n) is 3.15. The predicted octanol–water partition coefficient (Wildman–Crippen LogP) is 4.85. The Morgan fingerprint density at radius 3 is 2.64 bits per heavy atom. The number of ketones is 1. The van der Waals surface area contributed by atoms with E-state index in [2.05, 4.69) is 15.5 Å². The molecule has 0 aliphatic rings. The van der Waals surface area contributed by atoms with E-state index >= 15 is 0 Å². The molecule has 25 heavy (non-hydrogen) atoms. The zero-order chi connectivity index (χ0) is 18.6. The molecule has 0 saturated heterocycles. The summed E-state index contributed by atoms with van der Waals surface area (Å²) < 4.78 is 0.644. The summed E-state index contributed by atoms with van der Waals surface area (Å²) >= 11 is 8.55. The minimum absolute atomic E-state index is 0.00159. The summed E-state index contributed by atoms with van der Waals surface area (Å²) in [4.78, 5) is 24.1. The number of rotatable bonds is 6. The second kappa shape index (κ2) is 8.29. The van der Waals surface area contributed by atoms with Crippen molar-refractivity contribution in [1.29, 1.82) is 0 Å². The van der Waals surface area contributed by atoms with E-state index < -0.39 is 0 Å². The van der Waals surface area contributed by atoms with Crippen LogP contribution in [0, 0.1) is 12.3 Å². The fourth-order valence-corrected chi connectivity index (χ4v) is 3.77. The summed E-state index contributed by atoms with van der Waals surface area (Å²) in [5.74, 6) is 0.164. The Morgan fingerprint density at radius 2 is 2.00 bits per heavy atom. The quantitative estimate of drug-likeness (QED) is 0.428. The van der Waals surface area contributed by atoms with Crippen molar-refractivity contribution in [2.45, 2.75) is 38.5 Å². The molecule has 0 fully saturated rings. The first kappa shape index (κ1) is 19.9. The molecule has 0 saturated carbocycles. The topological polar surface area (TPSA) is 72.0 Å².